The van der Waals surface area contributed by atoms with Crippen LogP contribution in [0.25, 0.3) is 22.6 Å². The van der Waals surface area contributed by atoms with E-state index in [-0.39, 0.29) is 5.69 Å². The Kier molecular flexibility index (Phi) is 4.55. The van der Waals surface area contributed by atoms with Crippen molar-refractivity contribution in [2.75, 3.05) is 0 Å². The second-order valence-electron chi connectivity index (χ2n) is 7.94. The Balaban J connectivity index is 1.63. The van der Waals surface area contributed by atoms with Crippen molar-refractivity contribution in [2.45, 2.75) is 27.2 Å². The number of benzene rings is 2. The summed E-state index contributed by atoms with van der Waals surface area (Å²) in [6.45, 7) is 6.15. The Morgan fingerprint density at radius 2 is 1.77 bits per heavy atom. The molecule has 0 saturated heterocycles. The molecular weight excluding hydrogens is 386 g/mol. The maximum atomic E-state index is 13.1. The van der Waals surface area contributed by atoms with Crippen LogP contribution in [-0.4, -0.2) is 24.1 Å². The van der Waals surface area contributed by atoms with Crippen molar-refractivity contribution in [3.05, 3.63) is 106 Å². The Labute approximate surface area is 179 Å². The van der Waals surface area contributed by atoms with Crippen molar-refractivity contribution in [3.63, 3.8) is 0 Å². The number of fused-ring (bicyclic) bond motifs is 1. The number of pyridine rings is 1. The maximum absolute atomic E-state index is 13.1. The number of nitrogens with one attached hydrogen (secondary N) is 1. The quantitative estimate of drug-likeness (QED) is 0.479. The van der Waals surface area contributed by atoms with Crippen molar-refractivity contribution < 1.29 is 0 Å². The van der Waals surface area contributed by atoms with E-state index in [0.29, 0.717) is 0 Å². The average molecular weight is 409 g/mol. The third-order valence-electron chi connectivity index (χ3n) is 5.82. The smallest absolute Gasteiger partial charge is 0.305 e. The molecule has 2 aromatic carbocycles. The van der Waals surface area contributed by atoms with Crippen LogP contribution < -0.4 is 5.69 Å². The average Bonchev–Trinajstić information content (AvgIpc) is 3.34. The second-order valence-corrected chi connectivity index (χ2v) is 7.94. The summed E-state index contributed by atoms with van der Waals surface area (Å²) in [6, 6.07) is 18.5. The molecule has 31 heavy (non-hydrogen) atoms. The molecule has 0 amide bonds. The molecule has 6 nitrogen and oxygen atoms in total. The van der Waals surface area contributed by atoms with Gasteiger partial charge in [0, 0.05) is 17.5 Å². The number of H-pyrrole nitrogens is 1. The third kappa shape index (κ3) is 3.36. The highest BCUT2D eigenvalue weighted by Gasteiger charge is 2.17. The minimum Gasteiger partial charge on any atom is -0.305 e. The van der Waals surface area contributed by atoms with Crippen LogP contribution in [-0.2, 0) is 6.42 Å². The second kappa shape index (κ2) is 7.40. The van der Waals surface area contributed by atoms with E-state index in [0.717, 1.165) is 45.8 Å². The molecule has 0 saturated carbocycles. The summed E-state index contributed by atoms with van der Waals surface area (Å²) in [5.41, 5.74) is 8.82. The van der Waals surface area contributed by atoms with E-state index in [1.54, 1.807) is 9.08 Å². The van der Waals surface area contributed by atoms with Crippen molar-refractivity contribution >= 4 is 5.65 Å². The Bertz CT molecular complexity index is 1450. The van der Waals surface area contributed by atoms with Gasteiger partial charge in [-0.15, -0.1) is 0 Å². The van der Waals surface area contributed by atoms with Crippen LogP contribution in [0.1, 0.15) is 27.9 Å². The van der Waals surface area contributed by atoms with Crippen LogP contribution in [0.4, 0.5) is 0 Å². The fourth-order valence-electron chi connectivity index (χ4n) is 4.09. The fraction of sp³-hybridized carbons (Fsp3) is 0.160. The molecule has 0 unspecified atom stereocenters. The minimum atomic E-state index is -0.151. The molecule has 0 bridgehead atoms. The largest absolute Gasteiger partial charge is 0.330 e. The van der Waals surface area contributed by atoms with Gasteiger partial charge in [-0.2, -0.15) is 5.10 Å². The highest BCUT2D eigenvalue weighted by atomic mass is 16.1. The number of hydrogen-bond acceptors (Lipinski definition) is 3. The van der Waals surface area contributed by atoms with Gasteiger partial charge in [0.05, 0.1) is 11.4 Å². The molecule has 6 heteroatoms. The number of aryl methyl sites for hydroxylation is 2. The molecule has 3 heterocycles. The molecule has 0 atom stereocenters. The lowest BCUT2D eigenvalue weighted by Crippen LogP contribution is -2.18. The third-order valence-corrected chi connectivity index (χ3v) is 5.82. The lowest BCUT2D eigenvalue weighted by atomic mass is 9.97. The minimum absolute atomic E-state index is 0.151. The SMILES string of the molecule is Cc1ccc(Cc2c(C)cccc2-n2c(C)c(-c3ccc4ncnn4c3)[nH]c2=O)cc1. The Morgan fingerprint density at radius 1 is 0.968 bits per heavy atom. The van der Waals surface area contributed by atoms with Gasteiger partial charge in [-0.05, 0) is 62.1 Å². The molecule has 0 aliphatic rings. The van der Waals surface area contributed by atoms with Crippen molar-refractivity contribution in [3.8, 4) is 16.9 Å². The van der Waals surface area contributed by atoms with Crippen molar-refractivity contribution in [2.24, 2.45) is 0 Å². The first-order chi connectivity index (χ1) is 15.0. The lowest BCUT2D eigenvalue weighted by molar-refractivity contribution is 0.924. The molecule has 0 radical (unpaired) electrons. The molecule has 1 N–H and O–H groups in total. The highest BCUT2D eigenvalue weighted by molar-refractivity contribution is 5.64. The van der Waals surface area contributed by atoms with Gasteiger partial charge in [0.2, 0.25) is 0 Å². The molecule has 3 aromatic heterocycles. The van der Waals surface area contributed by atoms with Crippen LogP contribution >= 0.6 is 0 Å². The molecule has 0 aliphatic heterocycles. The van der Waals surface area contributed by atoms with Crippen molar-refractivity contribution in [1.29, 1.82) is 0 Å². The standard InChI is InChI=1S/C25H23N5O/c1-16-7-9-19(10-8-16)13-21-17(2)5-4-6-22(21)30-18(3)24(28-25(30)31)20-11-12-23-26-15-27-29(23)14-20/h4-12,14-15H,13H2,1-3H3,(H,28,31). The molecule has 0 fully saturated rings. The van der Waals surface area contributed by atoms with Crippen LogP contribution in [0.15, 0.2) is 71.9 Å². The normalized spacial score (nSPS) is 11.3. The number of rotatable bonds is 4. The van der Waals surface area contributed by atoms with E-state index in [4.69, 9.17) is 0 Å². The predicted molar refractivity (Wildman–Crippen MR) is 122 cm³/mol. The van der Waals surface area contributed by atoms with E-state index >= 15 is 0 Å². The zero-order valence-corrected chi connectivity index (χ0v) is 17.8. The van der Waals surface area contributed by atoms with E-state index in [9.17, 15) is 4.79 Å². The summed E-state index contributed by atoms with van der Waals surface area (Å²) in [7, 11) is 0. The van der Waals surface area contributed by atoms with E-state index in [1.807, 2.05) is 37.4 Å². The number of aromatic amines is 1. The zero-order chi connectivity index (χ0) is 21.5. The Morgan fingerprint density at radius 3 is 2.58 bits per heavy atom. The predicted octanol–water partition coefficient (Wildman–Crippen LogP) is 4.39. The number of aromatic nitrogens is 5. The maximum Gasteiger partial charge on any atom is 0.330 e. The summed E-state index contributed by atoms with van der Waals surface area (Å²) in [5.74, 6) is 0. The number of nitrogens with zero attached hydrogens (tertiary/aromatic N) is 4. The first-order valence-corrected chi connectivity index (χ1v) is 10.3. The van der Waals surface area contributed by atoms with Crippen LogP contribution in [0.2, 0.25) is 0 Å². The van der Waals surface area contributed by atoms with Gasteiger partial charge in [0.1, 0.15) is 6.33 Å². The molecule has 154 valence electrons. The van der Waals surface area contributed by atoms with Crippen LogP contribution in [0.5, 0.6) is 0 Å². The van der Waals surface area contributed by atoms with E-state index in [2.05, 4.69) is 59.2 Å². The van der Waals surface area contributed by atoms with Gasteiger partial charge in [-0.25, -0.2) is 14.3 Å². The molecular formula is C25H23N5O. The molecule has 0 aliphatic carbocycles. The van der Waals surface area contributed by atoms with Gasteiger partial charge >= 0.3 is 5.69 Å². The molecule has 5 aromatic rings. The highest BCUT2D eigenvalue weighted by Crippen LogP contribution is 2.26. The first-order valence-electron chi connectivity index (χ1n) is 10.3. The van der Waals surface area contributed by atoms with E-state index in [1.165, 1.54) is 17.5 Å². The van der Waals surface area contributed by atoms with Gasteiger partial charge in [-0.1, -0.05) is 42.0 Å². The Hall–Kier alpha value is -3.93. The number of hydrogen-bond donors (Lipinski definition) is 1. The van der Waals surface area contributed by atoms with Crippen molar-refractivity contribution in [1.82, 2.24) is 24.1 Å². The molecule has 5 rings (SSSR count). The van der Waals surface area contributed by atoms with Crippen LogP contribution in [0.3, 0.4) is 0 Å². The van der Waals surface area contributed by atoms with Gasteiger partial charge in [-0.3, -0.25) is 4.57 Å². The fourth-order valence-corrected chi connectivity index (χ4v) is 4.09. The summed E-state index contributed by atoms with van der Waals surface area (Å²) in [4.78, 5) is 20.3. The van der Waals surface area contributed by atoms with Gasteiger partial charge in [0.25, 0.3) is 0 Å². The summed E-state index contributed by atoms with van der Waals surface area (Å²) in [6.07, 6.45) is 4.16. The van der Waals surface area contributed by atoms with Gasteiger partial charge in [0.15, 0.2) is 5.65 Å². The molecule has 0 spiro atoms. The van der Waals surface area contributed by atoms with E-state index < -0.39 is 0 Å². The topological polar surface area (TPSA) is 68.0 Å². The van der Waals surface area contributed by atoms with Gasteiger partial charge < -0.3 is 4.98 Å². The zero-order valence-electron chi connectivity index (χ0n) is 17.8. The van der Waals surface area contributed by atoms with Crippen LogP contribution in [0, 0.1) is 20.8 Å². The number of imidazole rings is 1. The summed E-state index contributed by atoms with van der Waals surface area (Å²) < 4.78 is 3.48. The first kappa shape index (κ1) is 19.1. The summed E-state index contributed by atoms with van der Waals surface area (Å²) in [5, 5.41) is 4.21. The monoisotopic (exact) mass is 409 g/mol. The lowest BCUT2D eigenvalue weighted by Gasteiger charge is -2.15. The summed E-state index contributed by atoms with van der Waals surface area (Å²) >= 11 is 0.